The fraction of sp³-hybridized carbons (Fsp3) is 0.700. The predicted molar refractivity (Wildman–Crippen MR) is 104 cm³/mol. The summed E-state index contributed by atoms with van der Waals surface area (Å²) in [5, 5.41) is 3.15. The van der Waals surface area contributed by atoms with Crippen molar-refractivity contribution < 1.29 is 9.59 Å². The molecule has 8 nitrogen and oxygen atoms in total. The zero-order chi connectivity index (χ0) is 19.3. The highest BCUT2D eigenvalue weighted by atomic mass is 16.2. The summed E-state index contributed by atoms with van der Waals surface area (Å²) in [5.74, 6) is 1.32. The van der Waals surface area contributed by atoms with Crippen molar-refractivity contribution in [3.63, 3.8) is 0 Å². The molecule has 3 saturated heterocycles. The second-order valence-electron chi connectivity index (χ2n) is 8.66. The van der Waals surface area contributed by atoms with Crippen LogP contribution in [0.3, 0.4) is 0 Å². The molecule has 2 atom stereocenters. The van der Waals surface area contributed by atoms with Crippen molar-refractivity contribution in [2.75, 3.05) is 31.1 Å². The fourth-order valence-corrected chi connectivity index (χ4v) is 4.92. The SMILES string of the molecule is Cc1cnc(N2CCC(N3C(=O)NC4CN(C(=O)C5CC5)CCC43)CC2)nc1. The first-order chi connectivity index (χ1) is 13.6. The van der Waals surface area contributed by atoms with Crippen LogP contribution in [0.25, 0.3) is 0 Å². The van der Waals surface area contributed by atoms with E-state index < -0.39 is 0 Å². The molecule has 3 amide bonds. The molecule has 4 fully saturated rings. The molecule has 0 radical (unpaired) electrons. The molecular formula is C20H28N6O2. The third-order valence-electron chi connectivity index (χ3n) is 6.62. The molecule has 3 aliphatic heterocycles. The summed E-state index contributed by atoms with van der Waals surface area (Å²) in [7, 11) is 0. The molecule has 1 aromatic rings. The highest BCUT2D eigenvalue weighted by molar-refractivity contribution is 5.82. The van der Waals surface area contributed by atoms with E-state index in [-0.39, 0.29) is 36.0 Å². The van der Waals surface area contributed by atoms with Gasteiger partial charge in [-0.2, -0.15) is 0 Å². The van der Waals surface area contributed by atoms with E-state index >= 15 is 0 Å². The standard InChI is InChI=1S/C20H28N6O2/c1-13-10-21-19(22-11-13)24-7-4-15(5-8-24)26-17-6-9-25(18(27)14-2-3-14)12-16(17)23-20(26)28/h10-11,14-17H,2-9,12H2,1H3,(H,23,28). The van der Waals surface area contributed by atoms with Gasteiger partial charge in [-0.3, -0.25) is 4.79 Å². The Labute approximate surface area is 165 Å². The second-order valence-corrected chi connectivity index (χ2v) is 8.66. The van der Waals surface area contributed by atoms with Gasteiger partial charge >= 0.3 is 6.03 Å². The van der Waals surface area contributed by atoms with Crippen molar-refractivity contribution in [3.8, 4) is 0 Å². The van der Waals surface area contributed by atoms with Crippen molar-refractivity contribution in [1.82, 2.24) is 25.1 Å². The fourth-order valence-electron chi connectivity index (χ4n) is 4.92. The molecule has 8 heteroatoms. The van der Waals surface area contributed by atoms with E-state index in [9.17, 15) is 9.59 Å². The van der Waals surface area contributed by atoms with Gasteiger partial charge in [-0.1, -0.05) is 0 Å². The maximum absolute atomic E-state index is 12.7. The lowest BCUT2D eigenvalue weighted by Crippen LogP contribution is -2.55. The Balaban J connectivity index is 1.21. The van der Waals surface area contributed by atoms with Crippen LogP contribution in [0.4, 0.5) is 10.7 Å². The minimum absolute atomic E-state index is 0.0424. The smallest absolute Gasteiger partial charge is 0.318 e. The molecule has 0 aromatic carbocycles. The van der Waals surface area contributed by atoms with Crippen molar-refractivity contribution in [3.05, 3.63) is 18.0 Å². The molecule has 4 heterocycles. The number of aryl methyl sites for hydroxylation is 1. The van der Waals surface area contributed by atoms with Crippen molar-refractivity contribution in [2.45, 2.75) is 57.2 Å². The maximum atomic E-state index is 12.7. The summed E-state index contributed by atoms with van der Waals surface area (Å²) in [6.07, 6.45) is 8.50. The molecule has 4 aliphatic rings. The van der Waals surface area contributed by atoms with Crippen LogP contribution in [0.1, 0.15) is 37.7 Å². The first-order valence-corrected chi connectivity index (χ1v) is 10.5. The Morgan fingerprint density at radius 3 is 2.46 bits per heavy atom. The average molecular weight is 384 g/mol. The molecule has 0 bridgehead atoms. The average Bonchev–Trinajstić information content (AvgIpc) is 3.50. The summed E-state index contributed by atoms with van der Waals surface area (Å²) < 4.78 is 0. The lowest BCUT2D eigenvalue weighted by Gasteiger charge is -2.42. The lowest BCUT2D eigenvalue weighted by atomic mass is 9.95. The van der Waals surface area contributed by atoms with Crippen LogP contribution in [0.5, 0.6) is 0 Å². The van der Waals surface area contributed by atoms with Crippen molar-refractivity contribution in [1.29, 1.82) is 0 Å². The number of carbonyl (C=O) groups excluding carboxylic acids is 2. The van der Waals surface area contributed by atoms with E-state index in [4.69, 9.17) is 0 Å². The number of aromatic nitrogens is 2. The molecule has 150 valence electrons. The molecule has 1 aliphatic carbocycles. The first kappa shape index (κ1) is 17.7. The number of likely N-dealkylation sites (tertiary alicyclic amines) is 1. The molecule has 1 aromatic heterocycles. The van der Waals surface area contributed by atoms with E-state index in [1.54, 1.807) is 0 Å². The zero-order valence-electron chi connectivity index (χ0n) is 16.4. The topological polar surface area (TPSA) is 81.7 Å². The van der Waals surface area contributed by atoms with Gasteiger partial charge in [0.05, 0.1) is 12.1 Å². The van der Waals surface area contributed by atoms with Gasteiger partial charge in [0.2, 0.25) is 11.9 Å². The van der Waals surface area contributed by atoms with Crippen LogP contribution in [0.15, 0.2) is 12.4 Å². The van der Waals surface area contributed by atoms with Gasteiger partial charge in [-0.25, -0.2) is 14.8 Å². The van der Waals surface area contributed by atoms with Gasteiger partial charge < -0.3 is 20.0 Å². The number of nitrogens with one attached hydrogen (secondary N) is 1. The molecule has 1 saturated carbocycles. The third-order valence-corrected chi connectivity index (χ3v) is 6.62. The van der Waals surface area contributed by atoms with Gasteiger partial charge in [-0.05, 0) is 44.6 Å². The summed E-state index contributed by atoms with van der Waals surface area (Å²) >= 11 is 0. The number of rotatable bonds is 3. The van der Waals surface area contributed by atoms with Gasteiger partial charge in [0, 0.05) is 50.5 Å². The highest BCUT2D eigenvalue weighted by Gasteiger charge is 2.47. The van der Waals surface area contributed by atoms with Crippen LogP contribution in [-0.4, -0.2) is 76.0 Å². The van der Waals surface area contributed by atoms with Crippen LogP contribution >= 0.6 is 0 Å². The number of carbonyl (C=O) groups is 2. The van der Waals surface area contributed by atoms with E-state index in [0.29, 0.717) is 6.54 Å². The zero-order valence-corrected chi connectivity index (χ0v) is 16.4. The Hall–Kier alpha value is -2.38. The summed E-state index contributed by atoms with van der Waals surface area (Å²) in [5.41, 5.74) is 1.06. The number of anilines is 1. The largest absolute Gasteiger partial charge is 0.341 e. The highest BCUT2D eigenvalue weighted by Crippen LogP contribution is 2.34. The predicted octanol–water partition coefficient (Wildman–Crippen LogP) is 1.16. The summed E-state index contributed by atoms with van der Waals surface area (Å²) in [4.78, 5) is 40.2. The quantitative estimate of drug-likeness (QED) is 0.846. The van der Waals surface area contributed by atoms with Crippen molar-refractivity contribution >= 4 is 17.9 Å². The number of urea groups is 1. The molecular weight excluding hydrogens is 356 g/mol. The van der Waals surface area contributed by atoms with Crippen LogP contribution in [0, 0.1) is 12.8 Å². The third kappa shape index (κ3) is 3.18. The van der Waals surface area contributed by atoms with E-state index in [0.717, 1.165) is 63.3 Å². The number of fused-ring (bicyclic) bond motifs is 1. The summed E-state index contributed by atoms with van der Waals surface area (Å²) in [6.45, 7) is 5.15. The number of piperidine rings is 2. The minimum atomic E-state index is 0.0424. The Morgan fingerprint density at radius 2 is 1.79 bits per heavy atom. The lowest BCUT2D eigenvalue weighted by molar-refractivity contribution is -0.134. The van der Waals surface area contributed by atoms with Gasteiger partial charge in [0.1, 0.15) is 0 Å². The van der Waals surface area contributed by atoms with E-state index in [1.165, 1.54) is 0 Å². The Morgan fingerprint density at radius 1 is 1.07 bits per heavy atom. The maximum Gasteiger partial charge on any atom is 0.318 e. The molecule has 0 spiro atoms. The van der Waals surface area contributed by atoms with Crippen LogP contribution < -0.4 is 10.2 Å². The molecule has 28 heavy (non-hydrogen) atoms. The first-order valence-electron chi connectivity index (χ1n) is 10.5. The number of amides is 3. The van der Waals surface area contributed by atoms with Crippen LogP contribution in [-0.2, 0) is 4.79 Å². The van der Waals surface area contributed by atoms with Gasteiger partial charge in [0.15, 0.2) is 0 Å². The Kier molecular flexibility index (Phi) is 4.36. The second kappa shape index (κ2) is 6.90. The number of hydrogen-bond donors (Lipinski definition) is 1. The molecule has 1 N–H and O–H groups in total. The van der Waals surface area contributed by atoms with Crippen LogP contribution in [0.2, 0.25) is 0 Å². The monoisotopic (exact) mass is 384 g/mol. The van der Waals surface area contributed by atoms with E-state index in [1.807, 2.05) is 24.2 Å². The molecule has 5 rings (SSSR count). The minimum Gasteiger partial charge on any atom is -0.341 e. The molecule has 2 unspecified atom stereocenters. The normalized spacial score (nSPS) is 28.3. The van der Waals surface area contributed by atoms with E-state index in [2.05, 4.69) is 25.1 Å². The van der Waals surface area contributed by atoms with Gasteiger partial charge in [0.25, 0.3) is 0 Å². The number of hydrogen-bond acceptors (Lipinski definition) is 5. The van der Waals surface area contributed by atoms with Crippen molar-refractivity contribution in [2.24, 2.45) is 5.92 Å². The Bertz CT molecular complexity index is 756. The summed E-state index contributed by atoms with van der Waals surface area (Å²) in [6, 6.07) is 0.577. The number of nitrogens with zero attached hydrogens (tertiary/aromatic N) is 5. The van der Waals surface area contributed by atoms with Gasteiger partial charge in [-0.15, -0.1) is 0 Å².